The summed E-state index contributed by atoms with van der Waals surface area (Å²) >= 11 is 4.34. The van der Waals surface area contributed by atoms with Crippen LogP contribution in [-0.2, 0) is 19.1 Å². The number of benzene rings is 1. The third kappa shape index (κ3) is 3.84. The maximum atomic E-state index is 12.8. The highest BCUT2D eigenvalue weighted by Crippen LogP contribution is 2.66. The largest absolute Gasteiger partial charge is 0.495 e. The molecular formula is C23H25NO5S3. The van der Waals surface area contributed by atoms with E-state index >= 15 is 0 Å². The Bertz CT molecular complexity index is 1080. The highest BCUT2D eigenvalue weighted by atomic mass is 32.2. The molecule has 32 heavy (non-hydrogen) atoms. The number of anilines is 1. The highest BCUT2D eigenvalue weighted by molar-refractivity contribution is 8.25. The summed E-state index contributed by atoms with van der Waals surface area (Å²) < 4.78 is 15.5. The first kappa shape index (κ1) is 23.2. The fourth-order valence-electron chi connectivity index (χ4n) is 3.87. The van der Waals surface area contributed by atoms with Crippen molar-refractivity contribution in [3.8, 4) is 5.75 Å². The van der Waals surface area contributed by atoms with Gasteiger partial charge in [0.15, 0.2) is 0 Å². The van der Waals surface area contributed by atoms with E-state index in [-0.39, 0.29) is 11.9 Å². The number of hydrogen-bond acceptors (Lipinski definition) is 9. The van der Waals surface area contributed by atoms with E-state index in [1.807, 2.05) is 29.7 Å². The van der Waals surface area contributed by atoms with Crippen LogP contribution < -0.4 is 10.1 Å². The lowest BCUT2D eigenvalue weighted by molar-refractivity contribution is -0.138. The number of carbonyl (C=O) groups is 2. The van der Waals surface area contributed by atoms with Crippen molar-refractivity contribution in [3.05, 3.63) is 50.0 Å². The van der Waals surface area contributed by atoms with Crippen LogP contribution in [0.5, 0.6) is 5.75 Å². The average molecular weight is 492 g/mol. The molecular weight excluding hydrogens is 466 g/mol. The molecule has 0 fully saturated rings. The summed E-state index contributed by atoms with van der Waals surface area (Å²) in [4.78, 5) is 27.4. The van der Waals surface area contributed by atoms with Crippen LogP contribution in [0.15, 0.2) is 44.4 Å². The minimum absolute atomic E-state index is 0.296. The van der Waals surface area contributed by atoms with Crippen molar-refractivity contribution in [2.45, 2.75) is 37.3 Å². The molecule has 0 amide bonds. The molecule has 3 aliphatic heterocycles. The van der Waals surface area contributed by atoms with Crippen LogP contribution in [0.1, 0.15) is 33.3 Å². The lowest BCUT2D eigenvalue weighted by Crippen LogP contribution is -2.41. The lowest BCUT2D eigenvalue weighted by atomic mass is 9.87. The van der Waals surface area contributed by atoms with Crippen LogP contribution in [0.25, 0.3) is 5.57 Å². The van der Waals surface area contributed by atoms with Gasteiger partial charge in [-0.25, -0.2) is 9.59 Å². The van der Waals surface area contributed by atoms with Crippen LogP contribution >= 0.6 is 35.3 Å². The fourth-order valence-corrected chi connectivity index (χ4v) is 8.22. The number of hydrogen-bond donors (Lipinski definition) is 1. The Labute approximate surface area is 200 Å². The third-order valence-corrected chi connectivity index (χ3v) is 9.45. The first-order valence-corrected chi connectivity index (χ1v) is 12.8. The zero-order chi connectivity index (χ0) is 23.1. The first-order valence-electron chi connectivity index (χ1n) is 10.3. The van der Waals surface area contributed by atoms with Crippen molar-refractivity contribution < 1.29 is 23.8 Å². The number of rotatable bonds is 5. The van der Waals surface area contributed by atoms with Crippen LogP contribution in [0, 0.1) is 0 Å². The van der Waals surface area contributed by atoms with Crippen LogP contribution in [0.2, 0.25) is 0 Å². The number of esters is 2. The van der Waals surface area contributed by atoms with Gasteiger partial charge in [-0.1, -0.05) is 35.7 Å². The molecule has 1 aromatic rings. The Balaban J connectivity index is 1.90. The summed E-state index contributed by atoms with van der Waals surface area (Å²) in [6, 6.07) is 5.92. The van der Waals surface area contributed by atoms with E-state index in [4.69, 9.17) is 14.2 Å². The summed E-state index contributed by atoms with van der Waals surface area (Å²) in [5.41, 5.74) is 2.47. The van der Waals surface area contributed by atoms with Gasteiger partial charge in [-0.3, -0.25) is 0 Å². The molecule has 0 saturated heterocycles. The van der Waals surface area contributed by atoms with Gasteiger partial charge in [0.05, 0.1) is 36.5 Å². The second kappa shape index (κ2) is 8.76. The molecule has 4 rings (SSSR count). The van der Waals surface area contributed by atoms with Gasteiger partial charge in [-0.05, 0) is 45.2 Å². The van der Waals surface area contributed by atoms with E-state index in [0.717, 1.165) is 27.5 Å². The first-order chi connectivity index (χ1) is 15.3. The van der Waals surface area contributed by atoms with Gasteiger partial charge in [0.25, 0.3) is 0 Å². The summed E-state index contributed by atoms with van der Waals surface area (Å²) in [6.07, 6.45) is 1.93. The Morgan fingerprint density at radius 2 is 1.75 bits per heavy atom. The molecule has 1 atom stereocenters. The highest BCUT2D eigenvalue weighted by Gasteiger charge is 2.51. The zero-order valence-electron chi connectivity index (χ0n) is 18.6. The van der Waals surface area contributed by atoms with Crippen molar-refractivity contribution in [1.82, 2.24) is 0 Å². The minimum Gasteiger partial charge on any atom is -0.495 e. The van der Waals surface area contributed by atoms with Gasteiger partial charge < -0.3 is 19.5 Å². The Morgan fingerprint density at radius 1 is 1.06 bits per heavy atom. The number of ether oxygens (including phenoxy) is 3. The van der Waals surface area contributed by atoms with Crippen molar-refractivity contribution in [1.29, 1.82) is 0 Å². The van der Waals surface area contributed by atoms with Crippen molar-refractivity contribution in [2.24, 2.45) is 0 Å². The molecule has 0 bridgehead atoms. The monoisotopic (exact) mass is 491 g/mol. The van der Waals surface area contributed by atoms with E-state index in [1.54, 1.807) is 21.0 Å². The smallest absolute Gasteiger partial charge is 0.345 e. The molecule has 1 unspecified atom stereocenters. The molecule has 9 heteroatoms. The molecule has 0 aliphatic carbocycles. The molecule has 1 spiro atoms. The van der Waals surface area contributed by atoms with Crippen molar-refractivity contribution >= 4 is 58.5 Å². The van der Waals surface area contributed by atoms with Crippen LogP contribution in [0.4, 0.5) is 5.69 Å². The van der Waals surface area contributed by atoms with Gasteiger partial charge in [-0.15, -0.1) is 11.8 Å². The molecule has 0 saturated carbocycles. The Kier molecular flexibility index (Phi) is 6.35. The predicted octanol–water partition coefficient (Wildman–Crippen LogP) is 5.39. The molecule has 6 nitrogen and oxygen atoms in total. The lowest BCUT2D eigenvalue weighted by Gasteiger charge is -2.45. The van der Waals surface area contributed by atoms with E-state index in [2.05, 4.69) is 19.2 Å². The maximum Gasteiger partial charge on any atom is 0.345 e. The molecule has 0 radical (unpaired) electrons. The van der Waals surface area contributed by atoms with Crippen LogP contribution in [-0.4, -0.2) is 41.9 Å². The zero-order valence-corrected chi connectivity index (χ0v) is 21.0. The number of fused-ring (bicyclic) bond motifs is 3. The van der Waals surface area contributed by atoms with Crippen molar-refractivity contribution in [2.75, 3.05) is 25.6 Å². The molecule has 0 aromatic heterocycles. The SMILES string of the molecule is CCOC(=O)C1=CC2(SC=C(C(=O)OCC)S2)C2=C(S1)C(C)(C)Nc1c(OC)cccc12. The molecule has 170 valence electrons. The maximum absolute atomic E-state index is 12.8. The van der Waals surface area contributed by atoms with E-state index < -0.39 is 9.62 Å². The third-order valence-electron chi connectivity index (χ3n) is 5.19. The van der Waals surface area contributed by atoms with Gasteiger partial charge in [0.2, 0.25) is 0 Å². The number of carbonyl (C=O) groups excluding carboxylic acids is 2. The normalized spacial score (nSPS) is 22.9. The summed E-state index contributed by atoms with van der Waals surface area (Å²) in [5.74, 6) is 0.0304. The van der Waals surface area contributed by atoms with Gasteiger partial charge in [0.1, 0.15) is 14.7 Å². The second-order valence-corrected chi connectivity index (χ2v) is 11.5. The summed E-state index contributed by atoms with van der Waals surface area (Å²) in [5, 5.41) is 5.43. The van der Waals surface area contributed by atoms with Gasteiger partial charge in [-0.2, -0.15) is 0 Å². The standard InChI is InChI=1S/C23H25NO5S3/c1-6-28-20(25)15-11-23(30-12-16(32-23)21(26)29-7-2)17-13-9-8-10-14(27-5)18(13)24-22(3,4)19(17)31-15/h8-12,24H,6-7H2,1-5H3. The number of methoxy groups -OCH3 is 1. The summed E-state index contributed by atoms with van der Waals surface area (Å²) in [6.45, 7) is 8.34. The number of nitrogens with one attached hydrogen (secondary N) is 1. The average Bonchev–Trinajstić information content (AvgIpc) is 3.17. The fraction of sp³-hybridized carbons (Fsp3) is 0.391. The Hall–Kier alpha value is -1.97. The van der Waals surface area contributed by atoms with Gasteiger partial charge in [0, 0.05) is 16.0 Å². The van der Waals surface area contributed by atoms with E-state index in [0.29, 0.717) is 23.0 Å². The molecule has 3 heterocycles. The topological polar surface area (TPSA) is 73.9 Å². The van der Waals surface area contributed by atoms with E-state index in [9.17, 15) is 9.59 Å². The summed E-state index contributed by atoms with van der Waals surface area (Å²) in [7, 11) is 1.65. The quantitative estimate of drug-likeness (QED) is 0.546. The second-order valence-electron chi connectivity index (χ2n) is 7.76. The number of thioether (sulfide) groups is 3. The minimum atomic E-state index is -0.703. The molecule has 3 aliphatic rings. The van der Waals surface area contributed by atoms with Crippen molar-refractivity contribution in [3.63, 3.8) is 0 Å². The van der Waals surface area contributed by atoms with Gasteiger partial charge >= 0.3 is 11.9 Å². The molecule has 1 aromatic carbocycles. The number of para-hydroxylation sites is 1. The van der Waals surface area contributed by atoms with Crippen LogP contribution in [0.3, 0.4) is 0 Å². The Morgan fingerprint density at radius 3 is 2.41 bits per heavy atom. The molecule has 1 N–H and O–H groups in total. The van der Waals surface area contributed by atoms with E-state index in [1.165, 1.54) is 35.3 Å². The predicted molar refractivity (Wildman–Crippen MR) is 133 cm³/mol.